The third kappa shape index (κ3) is 3.38. The molecule has 0 radical (unpaired) electrons. The topological polar surface area (TPSA) is 18.5 Å². The Morgan fingerprint density at radius 2 is 2.06 bits per heavy atom. The van der Waals surface area contributed by atoms with Crippen molar-refractivity contribution >= 4 is 0 Å². The maximum atomic E-state index is 12.5. The summed E-state index contributed by atoms with van der Waals surface area (Å²) in [4.78, 5) is 0. The molecule has 1 heterocycles. The second-order valence-electron chi connectivity index (χ2n) is 4.45. The van der Waals surface area contributed by atoms with Crippen molar-refractivity contribution in [3.63, 3.8) is 0 Å². The molecular formula is C13H15F3O2. The van der Waals surface area contributed by atoms with Crippen LogP contribution in [0.1, 0.15) is 31.7 Å². The van der Waals surface area contributed by atoms with Crippen LogP contribution in [-0.2, 0) is 10.9 Å². The van der Waals surface area contributed by atoms with Crippen LogP contribution in [0.4, 0.5) is 13.2 Å². The molecule has 0 aliphatic carbocycles. The molecule has 0 spiro atoms. The van der Waals surface area contributed by atoms with Crippen LogP contribution in [0.25, 0.3) is 0 Å². The Balaban J connectivity index is 2.05. The first-order valence-electron chi connectivity index (χ1n) is 5.94. The monoisotopic (exact) mass is 260 g/mol. The van der Waals surface area contributed by atoms with Crippen molar-refractivity contribution in [3.05, 3.63) is 29.8 Å². The van der Waals surface area contributed by atoms with E-state index in [0.29, 0.717) is 6.42 Å². The van der Waals surface area contributed by atoms with Crippen molar-refractivity contribution < 1.29 is 22.6 Å². The van der Waals surface area contributed by atoms with Gasteiger partial charge in [0.05, 0.1) is 11.7 Å². The van der Waals surface area contributed by atoms with Crippen LogP contribution >= 0.6 is 0 Å². The fourth-order valence-electron chi connectivity index (χ4n) is 1.95. The summed E-state index contributed by atoms with van der Waals surface area (Å²) < 4.78 is 48.5. The molecule has 0 amide bonds. The number of ether oxygens (including phenoxy) is 2. The molecule has 0 aromatic heterocycles. The highest BCUT2D eigenvalue weighted by atomic mass is 19.4. The zero-order valence-corrected chi connectivity index (χ0v) is 10.0. The van der Waals surface area contributed by atoms with Gasteiger partial charge in [0.2, 0.25) is 0 Å². The van der Waals surface area contributed by atoms with Crippen LogP contribution in [0.2, 0.25) is 0 Å². The molecule has 18 heavy (non-hydrogen) atoms. The summed E-state index contributed by atoms with van der Waals surface area (Å²) >= 11 is 0. The highest BCUT2D eigenvalue weighted by Gasteiger charge is 2.31. The highest BCUT2D eigenvalue weighted by molar-refractivity contribution is 5.30. The Hall–Kier alpha value is -1.23. The molecule has 1 unspecified atom stereocenters. The van der Waals surface area contributed by atoms with Gasteiger partial charge < -0.3 is 9.47 Å². The highest BCUT2D eigenvalue weighted by Crippen LogP contribution is 2.32. The van der Waals surface area contributed by atoms with Gasteiger partial charge in [-0.25, -0.2) is 0 Å². The summed E-state index contributed by atoms with van der Waals surface area (Å²) in [6.07, 6.45) is -2.07. The standard InChI is InChI=1S/C13H15F3O2/c1-9-4-2-7-12(17-9)18-11-6-3-5-10(8-11)13(14,15)16/h3,5-6,8-9,12H,2,4,7H2,1H3/t9-,12?/m0/s1. The van der Waals surface area contributed by atoms with Crippen LogP contribution in [0.15, 0.2) is 24.3 Å². The Kier molecular flexibility index (Phi) is 3.80. The fourth-order valence-corrected chi connectivity index (χ4v) is 1.95. The normalized spacial score (nSPS) is 24.9. The van der Waals surface area contributed by atoms with Gasteiger partial charge in [-0.1, -0.05) is 6.07 Å². The van der Waals surface area contributed by atoms with Gasteiger partial charge in [-0.2, -0.15) is 13.2 Å². The second kappa shape index (κ2) is 5.18. The van der Waals surface area contributed by atoms with E-state index < -0.39 is 18.0 Å². The summed E-state index contributed by atoms with van der Waals surface area (Å²) in [6.45, 7) is 1.93. The van der Waals surface area contributed by atoms with Gasteiger partial charge in [-0.05, 0) is 38.0 Å². The molecule has 1 aliphatic heterocycles. The lowest BCUT2D eigenvalue weighted by Gasteiger charge is -2.28. The lowest BCUT2D eigenvalue weighted by atomic mass is 10.1. The van der Waals surface area contributed by atoms with Gasteiger partial charge in [-0.15, -0.1) is 0 Å². The first-order chi connectivity index (χ1) is 8.45. The van der Waals surface area contributed by atoms with Crippen molar-refractivity contribution in [1.82, 2.24) is 0 Å². The Morgan fingerprint density at radius 1 is 1.28 bits per heavy atom. The second-order valence-corrected chi connectivity index (χ2v) is 4.45. The van der Waals surface area contributed by atoms with E-state index >= 15 is 0 Å². The Morgan fingerprint density at radius 3 is 2.72 bits per heavy atom. The molecule has 2 rings (SSSR count). The third-order valence-corrected chi connectivity index (χ3v) is 2.86. The van der Waals surface area contributed by atoms with Crippen LogP contribution in [0, 0.1) is 0 Å². The van der Waals surface area contributed by atoms with Gasteiger partial charge in [0.25, 0.3) is 0 Å². The molecule has 2 atom stereocenters. The zero-order valence-electron chi connectivity index (χ0n) is 10.0. The molecule has 0 saturated carbocycles. The largest absolute Gasteiger partial charge is 0.465 e. The van der Waals surface area contributed by atoms with E-state index in [1.165, 1.54) is 12.1 Å². The molecule has 5 heteroatoms. The van der Waals surface area contributed by atoms with E-state index in [0.717, 1.165) is 25.0 Å². The van der Waals surface area contributed by atoms with Crippen molar-refractivity contribution in [2.24, 2.45) is 0 Å². The quantitative estimate of drug-likeness (QED) is 0.800. The van der Waals surface area contributed by atoms with Crippen LogP contribution in [-0.4, -0.2) is 12.4 Å². The Labute approximate surface area is 104 Å². The molecular weight excluding hydrogens is 245 g/mol. The van der Waals surface area contributed by atoms with E-state index in [1.807, 2.05) is 6.92 Å². The minimum atomic E-state index is -4.35. The molecule has 1 aromatic carbocycles. The van der Waals surface area contributed by atoms with E-state index in [2.05, 4.69) is 0 Å². The predicted molar refractivity (Wildman–Crippen MR) is 60.3 cm³/mol. The summed E-state index contributed by atoms with van der Waals surface area (Å²) in [5.41, 5.74) is -0.705. The minimum Gasteiger partial charge on any atom is -0.465 e. The number of halogens is 3. The van der Waals surface area contributed by atoms with Crippen LogP contribution in [0.5, 0.6) is 5.75 Å². The SMILES string of the molecule is C[C@H]1CCCC(Oc2cccc(C(F)(F)F)c2)O1. The lowest BCUT2D eigenvalue weighted by Crippen LogP contribution is -2.30. The minimum absolute atomic E-state index is 0.0922. The molecule has 1 aliphatic rings. The third-order valence-electron chi connectivity index (χ3n) is 2.86. The first kappa shape index (κ1) is 13.2. The number of benzene rings is 1. The van der Waals surface area contributed by atoms with Crippen LogP contribution in [0.3, 0.4) is 0 Å². The maximum absolute atomic E-state index is 12.5. The number of hydrogen-bond acceptors (Lipinski definition) is 2. The summed E-state index contributed by atoms with van der Waals surface area (Å²) in [5, 5.41) is 0. The smallest absolute Gasteiger partial charge is 0.416 e. The molecule has 0 N–H and O–H groups in total. The van der Waals surface area contributed by atoms with Crippen molar-refractivity contribution in [3.8, 4) is 5.75 Å². The summed E-state index contributed by atoms with van der Waals surface area (Å²) in [7, 11) is 0. The molecule has 1 aromatic rings. The van der Waals surface area contributed by atoms with E-state index in [-0.39, 0.29) is 11.9 Å². The van der Waals surface area contributed by atoms with Gasteiger partial charge in [0, 0.05) is 6.42 Å². The van der Waals surface area contributed by atoms with E-state index in [9.17, 15) is 13.2 Å². The molecule has 100 valence electrons. The Bertz CT molecular complexity index is 403. The number of hydrogen-bond donors (Lipinski definition) is 0. The average Bonchev–Trinajstić information content (AvgIpc) is 2.28. The zero-order chi connectivity index (χ0) is 13.2. The summed E-state index contributed by atoms with van der Waals surface area (Å²) in [6, 6.07) is 4.88. The predicted octanol–water partition coefficient (Wildman–Crippen LogP) is 4.00. The average molecular weight is 260 g/mol. The molecule has 1 saturated heterocycles. The summed E-state index contributed by atoms with van der Waals surface area (Å²) in [5.74, 6) is 0.198. The number of alkyl halides is 3. The van der Waals surface area contributed by atoms with Crippen molar-refractivity contribution in [1.29, 1.82) is 0 Å². The molecule has 0 bridgehead atoms. The molecule has 1 fully saturated rings. The van der Waals surface area contributed by atoms with Crippen molar-refractivity contribution in [2.45, 2.75) is 44.8 Å². The first-order valence-corrected chi connectivity index (χ1v) is 5.94. The van der Waals surface area contributed by atoms with Crippen molar-refractivity contribution in [2.75, 3.05) is 0 Å². The van der Waals surface area contributed by atoms with Crippen LogP contribution < -0.4 is 4.74 Å². The van der Waals surface area contributed by atoms with Gasteiger partial charge in [-0.3, -0.25) is 0 Å². The number of rotatable bonds is 2. The lowest BCUT2D eigenvalue weighted by molar-refractivity contribution is -0.144. The van der Waals surface area contributed by atoms with Gasteiger partial charge >= 0.3 is 6.18 Å². The van der Waals surface area contributed by atoms with E-state index in [1.54, 1.807) is 0 Å². The van der Waals surface area contributed by atoms with Gasteiger partial charge in [0.1, 0.15) is 5.75 Å². The maximum Gasteiger partial charge on any atom is 0.416 e. The van der Waals surface area contributed by atoms with E-state index in [4.69, 9.17) is 9.47 Å². The fraction of sp³-hybridized carbons (Fsp3) is 0.538. The van der Waals surface area contributed by atoms with Gasteiger partial charge in [0.15, 0.2) is 6.29 Å². The molecule has 2 nitrogen and oxygen atoms in total.